The minimum atomic E-state index is 0. The van der Waals surface area contributed by atoms with E-state index in [0.29, 0.717) is 12.1 Å². The molecule has 0 saturated carbocycles. The van der Waals surface area contributed by atoms with Crippen LogP contribution in [0.1, 0.15) is 36.1 Å². The average molecular weight is 318 g/mol. The Balaban J connectivity index is 0.00000176. The van der Waals surface area contributed by atoms with Gasteiger partial charge in [-0.2, -0.15) is 0 Å². The molecule has 118 valence electrons. The van der Waals surface area contributed by atoms with E-state index in [2.05, 4.69) is 60.8 Å². The predicted molar refractivity (Wildman–Crippen MR) is 94.0 cm³/mol. The third-order valence-electron chi connectivity index (χ3n) is 4.44. The van der Waals surface area contributed by atoms with Crippen molar-refractivity contribution in [1.82, 2.24) is 5.32 Å². The highest BCUT2D eigenvalue weighted by Crippen LogP contribution is 2.30. The predicted octanol–water partition coefficient (Wildman–Crippen LogP) is 4.33. The maximum absolute atomic E-state index is 5.48. The topological polar surface area (TPSA) is 21.3 Å². The van der Waals surface area contributed by atoms with E-state index in [4.69, 9.17) is 4.74 Å². The Morgan fingerprint density at radius 2 is 1.86 bits per heavy atom. The number of halogens is 1. The lowest BCUT2D eigenvalue weighted by Gasteiger charge is -2.29. The zero-order valence-electron chi connectivity index (χ0n) is 13.2. The highest BCUT2D eigenvalue weighted by atomic mass is 35.5. The zero-order chi connectivity index (χ0) is 14.7. The van der Waals surface area contributed by atoms with Crippen molar-refractivity contribution < 1.29 is 4.74 Å². The van der Waals surface area contributed by atoms with E-state index in [1.807, 2.05) is 0 Å². The van der Waals surface area contributed by atoms with Gasteiger partial charge in [0.2, 0.25) is 0 Å². The Bertz CT molecular complexity index is 600. The van der Waals surface area contributed by atoms with Crippen LogP contribution in [0.3, 0.4) is 0 Å². The molecule has 1 unspecified atom stereocenters. The largest absolute Gasteiger partial charge is 0.496 e. The Morgan fingerprint density at radius 3 is 2.59 bits per heavy atom. The van der Waals surface area contributed by atoms with Gasteiger partial charge in [-0.25, -0.2) is 0 Å². The van der Waals surface area contributed by atoms with E-state index >= 15 is 0 Å². The molecule has 0 aliphatic heterocycles. The second-order valence-electron chi connectivity index (χ2n) is 5.84. The number of fused-ring (bicyclic) bond motifs is 1. The van der Waals surface area contributed by atoms with Gasteiger partial charge in [0.15, 0.2) is 0 Å². The van der Waals surface area contributed by atoms with Gasteiger partial charge in [-0.05, 0) is 48.9 Å². The second kappa shape index (κ2) is 7.66. The number of hydrogen-bond acceptors (Lipinski definition) is 2. The molecule has 0 aromatic heterocycles. The standard InChI is InChI=1S/C19H23NO.ClH/c1-14(15-7-4-3-5-8-15)20-17-11-12-18-16(13-17)9-6-10-19(18)21-2;/h3-10,14,17,20H,11-13H2,1-2H3;1H/t14-,17?;/m1./s1. The van der Waals surface area contributed by atoms with Crippen LogP contribution in [0.4, 0.5) is 0 Å². The van der Waals surface area contributed by atoms with E-state index in [-0.39, 0.29) is 12.4 Å². The van der Waals surface area contributed by atoms with E-state index in [9.17, 15) is 0 Å². The van der Waals surface area contributed by atoms with Crippen LogP contribution in [0.25, 0.3) is 0 Å². The Kier molecular flexibility index (Phi) is 5.87. The third-order valence-corrected chi connectivity index (χ3v) is 4.44. The number of ether oxygens (including phenoxy) is 1. The number of benzene rings is 2. The van der Waals surface area contributed by atoms with Crippen molar-refractivity contribution in [3.63, 3.8) is 0 Å². The van der Waals surface area contributed by atoms with Crippen LogP contribution >= 0.6 is 12.4 Å². The molecule has 1 N–H and O–H groups in total. The summed E-state index contributed by atoms with van der Waals surface area (Å²) in [5.41, 5.74) is 4.18. The maximum Gasteiger partial charge on any atom is 0.122 e. The van der Waals surface area contributed by atoms with E-state index in [1.165, 1.54) is 23.1 Å². The summed E-state index contributed by atoms with van der Waals surface area (Å²) < 4.78 is 5.48. The molecule has 2 nitrogen and oxygen atoms in total. The molecule has 3 rings (SSSR count). The molecule has 22 heavy (non-hydrogen) atoms. The van der Waals surface area contributed by atoms with Crippen molar-refractivity contribution in [2.24, 2.45) is 0 Å². The molecule has 1 aliphatic rings. The van der Waals surface area contributed by atoms with Crippen molar-refractivity contribution in [1.29, 1.82) is 0 Å². The van der Waals surface area contributed by atoms with Crippen molar-refractivity contribution in [3.05, 3.63) is 65.2 Å². The molecule has 2 atom stereocenters. The van der Waals surface area contributed by atoms with Crippen LogP contribution in [-0.2, 0) is 12.8 Å². The van der Waals surface area contributed by atoms with Gasteiger partial charge in [0.1, 0.15) is 5.75 Å². The Hall–Kier alpha value is -1.51. The fourth-order valence-corrected chi connectivity index (χ4v) is 3.30. The zero-order valence-corrected chi connectivity index (χ0v) is 14.0. The molecule has 2 aromatic carbocycles. The summed E-state index contributed by atoms with van der Waals surface area (Å²) in [6.45, 7) is 2.25. The summed E-state index contributed by atoms with van der Waals surface area (Å²) in [6, 6.07) is 18.0. The Labute approximate surface area is 139 Å². The van der Waals surface area contributed by atoms with Crippen LogP contribution in [0.2, 0.25) is 0 Å². The van der Waals surface area contributed by atoms with Gasteiger partial charge in [0, 0.05) is 12.1 Å². The summed E-state index contributed by atoms with van der Waals surface area (Å²) >= 11 is 0. The molecule has 0 amide bonds. The minimum absolute atomic E-state index is 0. The fourth-order valence-electron chi connectivity index (χ4n) is 3.30. The highest BCUT2D eigenvalue weighted by molar-refractivity contribution is 5.85. The smallest absolute Gasteiger partial charge is 0.122 e. The molecule has 2 aromatic rings. The van der Waals surface area contributed by atoms with E-state index in [1.54, 1.807) is 7.11 Å². The first-order valence-electron chi connectivity index (χ1n) is 7.73. The van der Waals surface area contributed by atoms with Gasteiger partial charge < -0.3 is 10.1 Å². The second-order valence-corrected chi connectivity index (χ2v) is 5.84. The molecule has 0 saturated heterocycles. The van der Waals surface area contributed by atoms with Gasteiger partial charge in [0.25, 0.3) is 0 Å². The summed E-state index contributed by atoms with van der Waals surface area (Å²) in [7, 11) is 1.76. The van der Waals surface area contributed by atoms with Crippen molar-refractivity contribution in [3.8, 4) is 5.75 Å². The lowest BCUT2D eigenvalue weighted by Crippen LogP contribution is -2.36. The number of nitrogens with one attached hydrogen (secondary N) is 1. The lowest BCUT2D eigenvalue weighted by atomic mass is 9.87. The fraction of sp³-hybridized carbons (Fsp3) is 0.368. The average Bonchev–Trinajstić information content (AvgIpc) is 2.54. The maximum atomic E-state index is 5.48. The molecule has 0 fully saturated rings. The summed E-state index contributed by atoms with van der Waals surface area (Å²) in [5.74, 6) is 1.04. The quantitative estimate of drug-likeness (QED) is 0.906. The van der Waals surface area contributed by atoms with E-state index < -0.39 is 0 Å². The SMILES string of the molecule is COc1cccc2c1CCC(N[C@H](C)c1ccccc1)C2.Cl. The van der Waals surface area contributed by atoms with Gasteiger partial charge in [0.05, 0.1) is 7.11 Å². The normalized spacial score (nSPS) is 18.0. The third kappa shape index (κ3) is 3.63. The summed E-state index contributed by atoms with van der Waals surface area (Å²) in [4.78, 5) is 0. The van der Waals surface area contributed by atoms with Crippen LogP contribution in [0.5, 0.6) is 5.75 Å². The van der Waals surface area contributed by atoms with E-state index in [0.717, 1.165) is 18.6 Å². The molecule has 3 heteroatoms. The summed E-state index contributed by atoms with van der Waals surface area (Å²) in [6.07, 6.45) is 3.35. The van der Waals surface area contributed by atoms with Crippen LogP contribution in [0.15, 0.2) is 48.5 Å². The van der Waals surface area contributed by atoms with Gasteiger partial charge >= 0.3 is 0 Å². The molecular weight excluding hydrogens is 294 g/mol. The first-order valence-corrected chi connectivity index (χ1v) is 7.73. The molecule has 0 heterocycles. The number of rotatable bonds is 4. The molecule has 0 spiro atoms. The molecular formula is C19H24ClNO. The number of hydrogen-bond donors (Lipinski definition) is 1. The highest BCUT2D eigenvalue weighted by Gasteiger charge is 2.22. The summed E-state index contributed by atoms with van der Waals surface area (Å²) in [5, 5.41) is 3.77. The first-order chi connectivity index (χ1) is 10.3. The molecule has 1 aliphatic carbocycles. The number of methoxy groups -OCH3 is 1. The minimum Gasteiger partial charge on any atom is -0.496 e. The van der Waals surface area contributed by atoms with Crippen molar-refractivity contribution >= 4 is 12.4 Å². The van der Waals surface area contributed by atoms with Gasteiger partial charge in [-0.3, -0.25) is 0 Å². The van der Waals surface area contributed by atoms with Crippen molar-refractivity contribution in [2.45, 2.75) is 38.3 Å². The van der Waals surface area contributed by atoms with Crippen molar-refractivity contribution in [2.75, 3.05) is 7.11 Å². The van der Waals surface area contributed by atoms with Gasteiger partial charge in [-0.15, -0.1) is 12.4 Å². The van der Waals surface area contributed by atoms with Crippen LogP contribution in [-0.4, -0.2) is 13.2 Å². The lowest BCUT2D eigenvalue weighted by molar-refractivity contribution is 0.386. The van der Waals surface area contributed by atoms with Gasteiger partial charge in [-0.1, -0.05) is 42.5 Å². The van der Waals surface area contributed by atoms with Crippen LogP contribution < -0.4 is 10.1 Å². The monoisotopic (exact) mass is 317 g/mol. The van der Waals surface area contributed by atoms with Crippen LogP contribution in [0, 0.1) is 0 Å². The molecule has 0 radical (unpaired) electrons. The first kappa shape index (κ1) is 16.9. The molecule has 0 bridgehead atoms. The Morgan fingerprint density at radius 1 is 1.09 bits per heavy atom.